The SMILES string of the molecule is Cc1cccc(-c2n[nH]c(=S)n2/N=C\c2ccc(-c3ccccc3)cc2)c1. The third-order valence-electron chi connectivity index (χ3n) is 4.27. The van der Waals surface area contributed by atoms with Crippen molar-refractivity contribution in [2.75, 3.05) is 0 Å². The van der Waals surface area contributed by atoms with Crippen LogP contribution in [0, 0.1) is 11.7 Å². The van der Waals surface area contributed by atoms with Gasteiger partial charge in [-0.15, -0.1) is 0 Å². The Morgan fingerprint density at radius 3 is 2.33 bits per heavy atom. The molecule has 5 heteroatoms. The second kappa shape index (κ2) is 7.51. The minimum atomic E-state index is 0.462. The first-order chi connectivity index (χ1) is 13.2. The Bertz CT molecular complexity index is 1140. The van der Waals surface area contributed by atoms with Crippen molar-refractivity contribution in [3.8, 4) is 22.5 Å². The largest absolute Gasteiger partial charge is 0.250 e. The van der Waals surface area contributed by atoms with Crippen LogP contribution >= 0.6 is 12.2 Å². The predicted octanol–water partition coefficient (Wildman–Crippen LogP) is 5.47. The van der Waals surface area contributed by atoms with E-state index in [0.717, 1.165) is 16.7 Å². The van der Waals surface area contributed by atoms with Gasteiger partial charge in [-0.3, -0.25) is 0 Å². The smallest absolute Gasteiger partial charge is 0.216 e. The molecular formula is C22H18N4S. The first-order valence-corrected chi connectivity index (χ1v) is 9.06. The van der Waals surface area contributed by atoms with E-state index in [2.05, 4.69) is 45.6 Å². The summed E-state index contributed by atoms with van der Waals surface area (Å²) in [5.41, 5.74) is 5.49. The molecule has 4 rings (SSSR count). The van der Waals surface area contributed by atoms with Crippen LogP contribution in [0.5, 0.6) is 0 Å². The molecule has 132 valence electrons. The molecule has 3 aromatic carbocycles. The van der Waals surface area contributed by atoms with E-state index in [4.69, 9.17) is 12.2 Å². The number of hydrogen-bond acceptors (Lipinski definition) is 3. The Balaban J connectivity index is 1.62. The van der Waals surface area contributed by atoms with Gasteiger partial charge < -0.3 is 0 Å². The predicted molar refractivity (Wildman–Crippen MR) is 112 cm³/mol. The molecule has 4 nitrogen and oxygen atoms in total. The molecule has 0 spiro atoms. The summed E-state index contributed by atoms with van der Waals surface area (Å²) in [6.45, 7) is 2.05. The van der Waals surface area contributed by atoms with E-state index < -0.39 is 0 Å². The van der Waals surface area contributed by atoms with Gasteiger partial charge in [0.2, 0.25) is 4.77 Å². The first kappa shape index (κ1) is 17.1. The standard InChI is InChI=1S/C22H18N4S/c1-16-6-5-9-20(14-16)21-24-25-22(27)26(21)23-15-17-10-12-19(13-11-17)18-7-3-2-4-8-18/h2-15H,1H3,(H,25,27)/b23-15-. The van der Waals surface area contributed by atoms with Gasteiger partial charge in [0, 0.05) is 5.56 Å². The second-order valence-electron chi connectivity index (χ2n) is 6.27. The van der Waals surface area contributed by atoms with Gasteiger partial charge in [0.05, 0.1) is 6.21 Å². The van der Waals surface area contributed by atoms with Gasteiger partial charge in [0.15, 0.2) is 5.82 Å². The van der Waals surface area contributed by atoms with Crippen molar-refractivity contribution >= 4 is 18.4 Å². The number of aromatic amines is 1. The fraction of sp³-hybridized carbons (Fsp3) is 0.0455. The lowest BCUT2D eigenvalue weighted by molar-refractivity contribution is 0.871. The molecule has 0 fully saturated rings. The van der Waals surface area contributed by atoms with E-state index in [1.165, 1.54) is 11.1 Å². The number of benzene rings is 3. The Kier molecular flexibility index (Phi) is 4.77. The number of rotatable bonds is 4. The van der Waals surface area contributed by atoms with Crippen molar-refractivity contribution in [2.24, 2.45) is 5.10 Å². The topological polar surface area (TPSA) is 46.0 Å². The van der Waals surface area contributed by atoms with Crippen LogP contribution in [0.3, 0.4) is 0 Å². The fourth-order valence-corrected chi connectivity index (χ4v) is 3.07. The molecule has 0 saturated heterocycles. The zero-order valence-corrected chi connectivity index (χ0v) is 15.6. The Morgan fingerprint density at radius 2 is 1.59 bits per heavy atom. The summed E-state index contributed by atoms with van der Waals surface area (Å²) >= 11 is 5.34. The molecule has 0 aliphatic heterocycles. The van der Waals surface area contributed by atoms with Gasteiger partial charge >= 0.3 is 0 Å². The van der Waals surface area contributed by atoms with Gasteiger partial charge in [-0.2, -0.15) is 14.9 Å². The molecule has 0 saturated carbocycles. The maximum Gasteiger partial charge on any atom is 0.216 e. The lowest BCUT2D eigenvalue weighted by atomic mass is 10.0. The molecule has 0 bridgehead atoms. The molecule has 0 amide bonds. The normalized spacial score (nSPS) is 11.1. The van der Waals surface area contributed by atoms with Crippen molar-refractivity contribution in [3.63, 3.8) is 0 Å². The average Bonchev–Trinajstić information content (AvgIpc) is 3.08. The van der Waals surface area contributed by atoms with Gasteiger partial charge in [0.1, 0.15) is 0 Å². The summed E-state index contributed by atoms with van der Waals surface area (Å²) in [6, 6.07) is 26.7. The van der Waals surface area contributed by atoms with E-state index in [9.17, 15) is 0 Å². The fourth-order valence-electron chi connectivity index (χ4n) is 2.89. The summed E-state index contributed by atoms with van der Waals surface area (Å²) in [6.07, 6.45) is 1.79. The minimum Gasteiger partial charge on any atom is -0.250 e. The number of nitrogens with one attached hydrogen (secondary N) is 1. The number of aromatic nitrogens is 3. The summed E-state index contributed by atoms with van der Waals surface area (Å²) in [5, 5.41) is 11.7. The van der Waals surface area contributed by atoms with Gasteiger partial charge in [0.25, 0.3) is 0 Å². The summed E-state index contributed by atoms with van der Waals surface area (Å²) in [4.78, 5) is 0. The quantitative estimate of drug-likeness (QED) is 0.383. The van der Waals surface area contributed by atoms with Crippen LogP contribution in [-0.4, -0.2) is 21.1 Å². The lowest BCUT2D eigenvalue weighted by Crippen LogP contribution is -1.95. The highest BCUT2D eigenvalue weighted by Crippen LogP contribution is 2.20. The van der Waals surface area contributed by atoms with Crippen LogP contribution in [0.25, 0.3) is 22.5 Å². The minimum absolute atomic E-state index is 0.462. The van der Waals surface area contributed by atoms with Crippen molar-refractivity contribution in [2.45, 2.75) is 6.92 Å². The van der Waals surface area contributed by atoms with Crippen LogP contribution in [-0.2, 0) is 0 Å². The average molecular weight is 370 g/mol. The molecule has 1 heterocycles. The number of nitrogens with zero attached hydrogens (tertiary/aromatic N) is 3. The van der Waals surface area contributed by atoms with E-state index in [-0.39, 0.29) is 0 Å². The highest BCUT2D eigenvalue weighted by Gasteiger charge is 2.08. The van der Waals surface area contributed by atoms with Crippen molar-refractivity contribution in [1.29, 1.82) is 0 Å². The van der Waals surface area contributed by atoms with Crippen molar-refractivity contribution < 1.29 is 0 Å². The van der Waals surface area contributed by atoms with E-state index >= 15 is 0 Å². The van der Waals surface area contributed by atoms with E-state index in [0.29, 0.717) is 10.6 Å². The summed E-state index contributed by atoms with van der Waals surface area (Å²) in [5.74, 6) is 0.695. The monoisotopic (exact) mass is 370 g/mol. The summed E-state index contributed by atoms with van der Waals surface area (Å²) < 4.78 is 2.11. The molecule has 0 atom stereocenters. The first-order valence-electron chi connectivity index (χ1n) is 8.65. The summed E-state index contributed by atoms with van der Waals surface area (Å²) in [7, 11) is 0. The van der Waals surface area contributed by atoms with Crippen molar-refractivity contribution in [3.05, 3.63) is 94.8 Å². The Morgan fingerprint density at radius 1 is 0.889 bits per heavy atom. The third kappa shape index (κ3) is 3.78. The van der Waals surface area contributed by atoms with Gasteiger partial charge in [-0.1, -0.05) is 78.4 Å². The van der Waals surface area contributed by atoms with E-state index in [1.54, 1.807) is 10.9 Å². The van der Waals surface area contributed by atoms with E-state index in [1.807, 2.05) is 55.5 Å². The lowest BCUT2D eigenvalue weighted by Gasteiger charge is -2.03. The molecule has 1 N–H and O–H groups in total. The molecule has 0 unspecified atom stereocenters. The van der Waals surface area contributed by atoms with Gasteiger partial charge in [-0.25, -0.2) is 5.10 Å². The van der Waals surface area contributed by atoms with Crippen LogP contribution in [0.1, 0.15) is 11.1 Å². The molecular weight excluding hydrogens is 352 g/mol. The highest BCUT2D eigenvalue weighted by atomic mass is 32.1. The molecule has 27 heavy (non-hydrogen) atoms. The second-order valence-corrected chi connectivity index (χ2v) is 6.65. The van der Waals surface area contributed by atoms with Crippen LogP contribution in [0.15, 0.2) is 84.0 Å². The van der Waals surface area contributed by atoms with Crippen LogP contribution in [0.2, 0.25) is 0 Å². The third-order valence-corrected chi connectivity index (χ3v) is 4.53. The Hall–Kier alpha value is -3.31. The van der Waals surface area contributed by atoms with Crippen molar-refractivity contribution in [1.82, 2.24) is 14.9 Å². The molecule has 0 aliphatic carbocycles. The molecule has 1 aromatic heterocycles. The molecule has 0 aliphatic rings. The molecule has 4 aromatic rings. The number of aryl methyl sites for hydroxylation is 1. The zero-order chi connectivity index (χ0) is 18.6. The number of hydrogen-bond donors (Lipinski definition) is 1. The van der Waals surface area contributed by atoms with Gasteiger partial charge in [-0.05, 0) is 41.9 Å². The molecule has 0 radical (unpaired) electrons. The maximum atomic E-state index is 5.34. The van der Waals surface area contributed by atoms with Crippen LogP contribution in [0.4, 0.5) is 0 Å². The number of H-pyrrole nitrogens is 1. The zero-order valence-electron chi connectivity index (χ0n) is 14.8. The van der Waals surface area contributed by atoms with Crippen LogP contribution < -0.4 is 0 Å². The Labute approximate surface area is 162 Å². The maximum absolute atomic E-state index is 5.34. The highest BCUT2D eigenvalue weighted by molar-refractivity contribution is 7.71.